The Morgan fingerprint density at radius 2 is 1.75 bits per heavy atom. The number of hydrogen-bond donors (Lipinski definition) is 3. The van der Waals surface area contributed by atoms with Gasteiger partial charge in [-0.3, -0.25) is 0 Å². The van der Waals surface area contributed by atoms with E-state index in [0.717, 1.165) is 0 Å². The molecule has 50 valence electrons. The van der Waals surface area contributed by atoms with E-state index in [1.165, 1.54) is 0 Å². The molecule has 1 saturated heterocycles. The van der Waals surface area contributed by atoms with Gasteiger partial charge in [0.1, 0.15) is 0 Å². The van der Waals surface area contributed by atoms with Gasteiger partial charge in [-0.25, -0.2) is 0 Å². The molecule has 1 heterocycles. The SMILES string of the molecule is CC1OC1[PH](O)(O)O. The number of hydrogen-bond acceptors (Lipinski definition) is 4. The molecular formula is C3H9O4P. The molecule has 0 bridgehead atoms. The second kappa shape index (κ2) is 1.62. The Morgan fingerprint density at radius 1 is 1.38 bits per heavy atom. The van der Waals surface area contributed by atoms with Gasteiger partial charge >= 0.3 is 46.2 Å². The summed E-state index contributed by atoms with van der Waals surface area (Å²) in [6, 6.07) is 0. The predicted molar refractivity (Wildman–Crippen MR) is 29.3 cm³/mol. The van der Waals surface area contributed by atoms with E-state index < -0.39 is 13.8 Å². The fourth-order valence-corrected chi connectivity index (χ4v) is 1.62. The van der Waals surface area contributed by atoms with E-state index in [2.05, 4.69) is 4.74 Å². The molecule has 0 aromatic rings. The van der Waals surface area contributed by atoms with Crippen LogP contribution in [0, 0.1) is 0 Å². The van der Waals surface area contributed by atoms with Gasteiger partial charge in [-0.1, -0.05) is 0 Å². The average molecular weight is 140 g/mol. The van der Waals surface area contributed by atoms with Gasteiger partial charge in [0.05, 0.1) is 0 Å². The topological polar surface area (TPSA) is 73.2 Å². The molecule has 3 N–H and O–H groups in total. The second-order valence-corrected chi connectivity index (χ2v) is 3.89. The van der Waals surface area contributed by atoms with Crippen LogP contribution in [0.3, 0.4) is 0 Å². The van der Waals surface area contributed by atoms with Gasteiger partial charge in [0.15, 0.2) is 0 Å². The Morgan fingerprint density at radius 3 is 1.75 bits per heavy atom. The first-order valence-electron chi connectivity index (χ1n) is 2.34. The summed E-state index contributed by atoms with van der Waals surface area (Å²) in [4.78, 5) is 25.4. The van der Waals surface area contributed by atoms with Crippen LogP contribution in [0.1, 0.15) is 6.92 Å². The van der Waals surface area contributed by atoms with Crippen LogP contribution in [-0.4, -0.2) is 26.6 Å². The van der Waals surface area contributed by atoms with Crippen molar-refractivity contribution in [3.63, 3.8) is 0 Å². The van der Waals surface area contributed by atoms with Crippen LogP contribution in [0.15, 0.2) is 0 Å². The average Bonchev–Trinajstić information content (AvgIpc) is 2.13. The van der Waals surface area contributed by atoms with E-state index in [9.17, 15) is 0 Å². The van der Waals surface area contributed by atoms with E-state index in [1.807, 2.05) is 0 Å². The summed E-state index contributed by atoms with van der Waals surface area (Å²) in [7, 11) is -3.91. The third-order valence-electron chi connectivity index (χ3n) is 1.09. The summed E-state index contributed by atoms with van der Waals surface area (Å²) in [6.07, 6.45) is -0.179. The summed E-state index contributed by atoms with van der Waals surface area (Å²) in [5.74, 6) is -0.678. The van der Waals surface area contributed by atoms with Crippen LogP contribution in [-0.2, 0) is 4.74 Å². The third-order valence-corrected chi connectivity index (χ3v) is 2.46. The van der Waals surface area contributed by atoms with Crippen LogP contribution in [0.5, 0.6) is 0 Å². The molecule has 0 aromatic heterocycles. The van der Waals surface area contributed by atoms with E-state index in [0.29, 0.717) is 0 Å². The zero-order valence-corrected chi connectivity index (χ0v) is 5.40. The molecule has 0 amide bonds. The summed E-state index contributed by atoms with van der Waals surface area (Å²) in [6.45, 7) is 1.68. The Balaban J connectivity index is 2.39. The third kappa shape index (κ3) is 1.16. The number of ether oxygens (including phenoxy) is 1. The maximum absolute atomic E-state index is 8.45. The van der Waals surface area contributed by atoms with Crippen molar-refractivity contribution in [2.75, 3.05) is 0 Å². The molecule has 0 radical (unpaired) electrons. The fourth-order valence-electron chi connectivity index (χ4n) is 0.592. The monoisotopic (exact) mass is 140 g/mol. The summed E-state index contributed by atoms with van der Waals surface area (Å²) >= 11 is 0. The molecule has 4 nitrogen and oxygen atoms in total. The zero-order chi connectivity index (χ0) is 6.36. The first kappa shape index (κ1) is 6.39. The van der Waals surface area contributed by atoms with Crippen molar-refractivity contribution in [1.82, 2.24) is 0 Å². The predicted octanol–water partition coefficient (Wildman–Crippen LogP) is -0.797. The van der Waals surface area contributed by atoms with Crippen molar-refractivity contribution in [1.29, 1.82) is 0 Å². The number of epoxide rings is 1. The normalized spacial score (nSPS) is 39.5. The van der Waals surface area contributed by atoms with Gasteiger partial charge in [-0.05, 0) is 0 Å². The molecule has 0 aliphatic carbocycles. The van der Waals surface area contributed by atoms with Crippen LogP contribution in [0.2, 0.25) is 0 Å². The Labute approximate surface area is 47.3 Å². The van der Waals surface area contributed by atoms with E-state index in [-0.39, 0.29) is 6.10 Å². The molecule has 2 unspecified atom stereocenters. The molecule has 2 atom stereocenters. The van der Waals surface area contributed by atoms with E-state index in [1.54, 1.807) is 6.92 Å². The van der Waals surface area contributed by atoms with Gasteiger partial charge < -0.3 is 0 Å². The molecule has 0 spiro atoms. The zero-order valence-electron chi connectivity index (χ0n) is 4.40. The standard InChI is InChI=1S/C3H9O4P/c1-2-3(7-2)8(4,5)6/h2-6,8H,1H3. The van der Waals surface area contributed by atoms with Crippen molar-refractivity contribution < 1.29 is 19.4 Å². The minimum atomic E-state index is -3.91. The maximum atomic E-state index is 8.45. The summed E-state index contributed by atoms with van der Waals surface area (Å²) < 4.78 is 4.59. The van der Waals surface area contributed by atoms with Crippen LogP contribution in [0.4, 0.5) is 0 Å². The Hall–Kier alpha value is 0.270. The van der Waals surface area contributed by atoms with E-state index >= 15 is 0 Å². The van der Waals surface area contributed by atoms with Crippen molar-refractivity contribution in [3.05, 3.63) is 0 Å². The molecule has 1 aliphatic heterocycles. The molecule has 1 fully saturated rings. The van der Waals surface area contributed by atoms with Crippen molar-refractivity contribution >= 4 is 7.94 Å². The van der Waals surface area contributed by atoms with Crippen molar-refractivity contribution in [2.24, 2.45) is 0 Å². The van der Waals surface area contributed by atoms with Crippen LogP contribution in [0.25, 0.3) is 0 Å². The minimum absolute atomic E-state index is 0.179. The van der Waals surface area contributed by atoms with Gasteiger partial charge in [0, 0.05) is 0 Å². The number of rotatable bonds is 1. The Bertz CT molecular complexity index is 97.9. The summed E-state index contributed by atoms with van der Waals surface area (Å²) in [5, 5.41) is 0. The van der Waals surface area contributed by atoms with Crippen LogP contribution >= 0.6 is 7.94 Å². The first-order valence-corrected chi connectivity index (χ1v) is 4.26. The van der Waals surface area contributed by atoms with Gasteiger partial charge in [0.2, 0.25) is 0 Å². The van der Waals surface area contributed by atoms with Crippen LogP contribution < -0.4 is 0 Å². The van der Waals surface area contributed by atoms with Crippen molar-refractivity contribution in [2.45, 2.75) is 18.9 Å². The molecule has 0 aromatic carbocycles. The van der Waals surface area contributed by atoms with Crippen molar-refractivity contribution in [3.8, 4) is 0 Å². The molecule has 5 heteroatoms. The molecule has 8 heavy (non-hydrogen) atoms. The Kier molecular flexibility index (Phi) is 1.30. The molecule has 1 aliphatic rings. The molecule has 1 rings (SSSR count). The van der Waals surface area contributed by atoms with E-state index in [4.69, 9.17) is 14.7 Å². The molecular weight excluding hydrogens is 131 g/mol. The van der Waals surface area contributed by atoms with Gasteiger partial charge in [0.25, 0.3) is 0 Å². The fraction of sp³-hybridized carbons (Fsp3) is 1.00. The molecule has 0 saturated carbocycles. The first-order chi connectivity index (χ1) is 3.52. The summed E-state index contributed by atoms with van der Waals surface area (Å²) in [5.41, 5.74) is 0. The quantitative estimate of drug-likeness (QED) is 0.329. The second-order valence-electron chi connectivity index (χ2n) is 1.95. The van der Waals surface area contributed by atoms with Gasteiger partial charge in [-0.15, -0.1) is 0 Å². The van der Waals surface area contributed by atoms with Gasteiger partial charge in [-0.2, -0.15) is 0 Å².